The van der Waals surface area contributed by atoms with Crippen molar-refractivity contribution >= 4 is 5.78 Å². The molecule has 13 heavy (non-hydrogen) atoms. The Balaban J connectivity index is -0.000000120. The Morgan fingerprint density at radius 2 is 1.15 bits per heavy atom. The van der Waals surface area contributed by atoms with Crippen LogP contribution in [-0.4, -0.2) is 5.78 Å². The monoisotopic (exact) mass is 188 g/mol. The lowest BCUT2D eigenvalue weighted by Crippen LogP contribution is -1.80. The van der Waals surface area contributed by atoms with Gasteiger partial charge in [-0.05, 0) is 6.92 Å². The van der Waals surface area contributed by atoms with Gasteiger partial charge in [0.25, 0.3) is 0 Å². The summed E-state index contributed by atoms with van der Waals surface area (Å²) in [4.78, 5) is 9.81. The van der Waals surface area contributed by atoms with E-state index in [1.165, 1.54) is 25.7 Å². The molecule has 0 amide bonds. The first-order chi connectivity index (χ1) is 6.10. The number of ketones is 1. The van der Waals surface area contributed by atoms with E-state index < -0.39 is 0 Å². The molecule has 0 unspecified atom stereocenters. The van der Waals surface area contributed by atoms with E-state index >= 15 is 0 Å². The summed E-state index contributed by atoms with van der Waals surface area (Å²) in [6, 6.07) is 0. The van der Waals surface area contributed by atoms with Gasteiger partial charge >= 0.3 is 0 Å². The standard InChI is InChI=1S/C5H12.C4H8O.C3H8/c1-3-5-4-2;1-3-4(2)5;1-3-2/h3-5H2,1-2H3;3H2,1-2H3;3H2,1-2H3. The van der Waals surface area contributed by atoms with Crippen LogP contribution in [0, 0.1) is 0 Å². The summed E-state index contributed by atoms with van der Waals surface area (Å²) in [5.41, 5.74) is 0. The normalized spacial score (nSPS) is 7.54. The van der Waals surface area contributed by atoms with Crippen molar-refractivity contribution in [3.05, 3.63) is 0 Å². The van der Waals surface area contributed by atoms with E-state index in [9.17, 15) is 4.79 Å². The molecule has 0 bridgehead atoms. The molecule has 0 aliphatic carbocycles. The fraction of sp³-hybridized carbons (Fsp3) is 0.917. The van der Waals surface area contributed by atoms with Crippen molar-refractivity contribution in [2.24, 2.45) is 0 Å². The second kappa shape index (κ2) is 22.6. The number of unbranched alkanes of at least 4 members (excludes halogenated alkanes) is 2. The summed E-state index contributed by atoms with van der Waals surface area (Å²) in [5.74, 6) is 0.255. The van der Waals surface area contributed by atoms with Crippen LogP contribution in [0.25, 0.3) is 0 Å². The predicted molar refractivity (Wildman–Crippen MR) is 62.1 cm³/mol. The Morgan fingerprint density at radius 1 is 0.923 bits per heavy atom. The summed E-state index contributed by atoms with van der Waals surface area (Å²) in [5, 5.41) is 0. The lowest BCUT2D eigenvalue weighted by Gasteiger charge is -1.79. The number of Topliss-reactive ketones (excluding diaryl/α,β-unsaturated/α-hetero) is 1. The molecule has 0 aromatic rings. The first-order valence-corrected chi connectivity index (χ1v) is 5.59. The van der Waals surface area contributed by atoms with Crippen LogP contribution in [0.2, 0.25) is 0 Å². The Labute approximate surface area is 84.9 Å². The third kappa shape index (κ3) is 81.0. The highest BCUT2D eigenvalue weighted by molar-refractivity contribution is 5.74. The smallest absolute Gasteiger partial charge is 0.129 e. The Morgan fingerprint density at radius 3 is 1.15 bits per heavy atom. The Bertz CT molecular complexity index is 75.2. The fourth-order valence-electron chi connectivity index (χ4n) is 0.354. The summed E-state index contributed by atoms with van der Waals surface area (Å²) >= 11 is 0. The quantitative estimate of drug-likeness (QED) is 0.632. The molecule has 1 heteroatoms. The van der Waals surface area contributed by atoms with Gasteiger partial charge in [-0.3, -0.25) is 0 Å². The average molecular weight is 188 g/mol. The fourth-order valence-corrected chi connectivity index (χ4v) is 0.354. The van der Waals surface area contributed by atoms with Crippen molar-refractivity contribution in [1.29, 1.82) is 0 Å². The SMILES string of the molecule is CCC.CCC(C)=O.CCCCC. The van der Waals surface area contributed by atoms with E-state index in [2.05, 4.69) is 27.7 Å². The molecule has 0 heterocycles. The van der Waals surface area contributed by atoms with E-state index in [4.69, 9.17) is 0 Å². The number of carbonyl (C=O) groups is 1. The zero-order chi connectivity index (χ0) is 11.1. The molecular weight excluding hydrogens is 160 g/mol. The number of hydrogen-bond donors (Lipinski definition) is 0. The highest BCUT2D eigenvalue weighted by Gasteiger charge is 1.76. The van der Waals surface area contributed by atoms with Gasteiger partial charge in [-0.25, -0.2) is 0 Å². The van der Waals surface area contributed by atoms with Crippen molar-refractivity contribution in [1.82, 2.24) is 0 Å². The number of rotatable bonds is 3. The maximum absolute atomic E-state index is 9.81. The maximum Gasteiger partial charge on any atom is 0.129 e. The lowest BCUT2D eigenvalue weighted by atomic mass is 10.3. The van der Waals surface area contributed by atoms with Crippen molar-refractivity contribution in [3.8, 4) is 0 Å². The van der Waals surface area contributed by atoms with Gasteiger partial charge in [0.15, 0.2) is 0 Å². The molecule has 0 radical (unpaired) electrons. The minimum Gasteiger partial charge on any atom is -0.300 e. The van der Waals surface area contributed by atoms with Crippen LogP contribution in [0.15, 0.2) is 0 Å². The molecule has 0 aliphatic heterocycles. The highest BCUT2D eigenvalue weighted by Crippen LogP contribution is 1.88. The zero-order valence-electron chi connectivity index (χ0n) is 10.4. The van der Waals surface area contributed by atoms with Crippen LogP contribution in [0.4, 0.5) is 0 Å². The van der Waals surface area contributed by atoms with E-state index in [1.54, 1.807) is 6.92 Å². The minimum atomic E-state index is 0.255. The van der Waals surface area contributed by atoms with Gasteiger partial charge in [0, 0.05) is 6.42 Å². The van der Waals surface area contributed by atoms with E-state index in [1.807, 2.05) is 6.92 Å². The third-order valence-corrected chi connectivity index (χ3v) is 1.20. The van der Waals surface area contributed by atoms with Crippen LogP contribution < -0.4 is 0 Å². The summed E-state index contributed by atoms with van der Waals surface area (Å²) < 4.78 is 0. The second-order valence-electron chi connectivity index (χ2n) is 3.12. The molecule has 0 N–H and O–H groups in total. The highest BCUT2D eigenvalue weighted by atomic mass is 16.1. The zero-order valence-corrected chi connectivity index (χ0v) is 10.4. The summed E-state index contributed by atoms with van der Waals surface area (Å²) in [6.07, 6.45) is 5.99. The van der Waals surface area contributed by atoms with Crippen molar-refractivity contribution in [2.75, 3.05) is 0 Å². The van der Waals surface area contributed by atoms with Crippen molar-refractivity contribution in [3.63, 3.8) is 0 Å². The molecule has 1 nitrogen and oxygen atoms in total. The van der Waals surface area contributed by atoms with Gasteiger partial charge in [0.05, 0.1) is 0 Å². The predicted octanol–water partition coefficient (Wildman–Crippen LogP) is 4.60. The van der Waals surface area contributed by atoms with Gasteiger partial charge in [-0.2, -0.15) is 0 Å². The number of carbonyl (C=O) groups excluding carboxylic acids is 1. The van der Waals surface area contributed by atoms with Crippen LogP contribution >= 0.6 is 0 Å². The van der Waals surface area contributed by atoms with Gasteiger partial charge < -0.3 is 4.79 Å². The topological polar surface area (TPSA) is 17.1 Å². The van der Waals surface area contributed by atoms with Gasteiger partial charge in [0.2, 0.25) is 0 Å². The lowest BCUT2D eigenvalue weighted by molar-refractivity contribution is -0.116. The van der Waals surface area contributed by atoms with Gasteiger partial charge in [0.1, 0.15) is 5.78 Å². The molecule has 0 spiro atoms. The van der Waals surface area contributed by atoms with E-state index in [0.29, 0.717) is 6.42 Å². The van der Waals surface area contributed by atoms with Crippen LogP contribution in [0.3, 0.4) is 0 Å². The third-order valence-electron chi connectivity index (χ3n) is 1.20. The molecule has 0 saturated heterocycles. The van der Waals surface area contributed by atoms with Crippen LogP contribution in [0.1, 0.15) is 73.6 Å². The van der Waals surface area contributed by atoms with Gasteiger partial charge in [-0.15, -0.1) is 0 Å². The second-order valence-corrected chi connectivity index (χ2v) is 3.12. The molecule has 0 saturated carbocycles. The van der Waals surface area contributed by atoms with E-state index in [0.717, 1.165) is 0 Å². The minimum absolute atomic E-state index is 0.255. The van der Waals surface area contributed by atoms with Crippen molar-refractivity contribution < 1.29 is 4.79 Å². The molecular formula is C12H28O. The number of hydrogen-bond acceptors (Lipinski definition) is 1. The maximum atomic E-state index is 9.81. The molecule has 0 atom stereocenters. The Kier molecular flexibility index (Phi) is 32.1. The van der Waals surface area contributed by atoms with Crippen LogP contribution in [-0.2, 0) is 4.79 Å². The first-order valence-electron chi connectivity index (χ1n) is 5.59. The molecule has 0 rings (SSSR count). The largest absolute Gasteiger partial charge is 0.300 e. The summed E-state index contributed by atoms with van der Waals surface area (Å²) in [7, 11) is 0. The van der Waals surface area contributed by atoms with Crippen LogP contribution in [0.5, 0.6) is 0 Å². The average Bonchev–Trinajstić information content (AvgIpc) is 2.08. The molecule has 0 aromatic carbocycles. The summed E-state index contributed by atoms with van der Waals surface area (Å²) in [6.45, 7) is 12.1. The molecule has 0 aliphatic rings. The van der Waals surface area contributed by atoms with E-state index in [-0.39, 0.29) is 5.78 Å². The molecule has 0 fully saturated rings. The van der Waals surface area contributed by atoms with Crippen molar-refractivity contribution in [2.45, 2.75) is 73.6 Å². The molecule has 82 valence electrons. The first kappa shape index (κ1) is 18.5. The van der Waals surface area contributed by atoms with Gasteiger partial charge in [-0.1, -0.05) is 60.3 Å². The Hall–Kier alpha value is -0.330. The molecule has 0 aromatic heterocycles.